The second-order valence-electron chi connectivity index (χ2n) is 4.14. The largest absolute Gasteiger partial charge is 0.450 e. The fourth-order valence-corrected chi connectivity index (χ4v) is 2.06. The van der Waals surface area contributed by atoms with Crippen LogP contribution in [-0.4, -0.2) is 40.8 Å². The first-order valence-electron chi connectivity index (χ1n) is 5.70. The predicted molar refractivity (Wildman–Crippen MR) is 61.3 cm³/mol. The van der Waals surface area contributed by atoms with Crippen molar-refractivity contribution in [2.24, 2.45) is 0 Å². The summed E-state index contributed by atoms with van der Waals surface area (Å²) >= 11 is 0. The Morgan fingerprint density at radius 1 is 1.59 bits per heavy atom. The Kier molecular flexibility index (Phi) is 3.28. The Morgan fingerprint density at radius 3 is 2.94 bits per heavy atom. The second-order valence-corrected chi connectivity index (χ2v) is 4.14. The van der Waals surface area contributed by atoms with E-state index < -0.39 is 5.60 Å². The molecule has 1 aliphatic heterocycles. The second kappa shape index (κ2) is 4.71. The van der Waals surface area contributed by atoms with Crippen molar-refractivity contribution in [1.29, 1.82) is 0 Å². The molecule has 0 radical (unpaired) electrons. The molecule has 2 rings (SSSR count). The SMILES string of the molecule is CCOC(=O)N1CCC(O)(c2ccncc2)C1. The smallest absolute Gasteiger partial charge is 0.409 e. The normalized spacial score (nSPS) is 23.8. The number of hydrogen-bond donors (Lipinski definition) is 1. The molecule has 5 heteroatoms. The maximum atomic E-state index is 11.5. The van der Waals surface area contributed by atoms with E-state index in [9.17, 15) is 9.90 Å². The van der Waals surface area contributed by atoms with Crippen LogP contribution in [0, 0.1) is 0 Å². The van der Waals surface area contributed by atoms with Crippen LogP contribution in [-0.2, 0) is 10.3 Å². The van der Waals surface area contributed by atoms with E-state index in [2.05, 4.69) is 4.98 Å². The molecule has 1 aliphatic rings. The lowest BCUT2D eigenvalue weighted by molar-refractivity contribution is 0.0422. The van der Waals surface area contributed by atoms with E-state index in [0.29, 0.717) is 19.6 Å². The number of carbonyl (C=O) groups is 1. The van der Waals surface area contributed by atoms with Gasteiger partial charge in [0, 0.05) is 18.9 Å². The zero-order valence-corrected chi connectivity index (χ0v) is 9.80. The zero-order chi connectivity index (χ0) is 12.3. The lowest BCUT2D eigenvalue weighted by atomic mass is 9.94. The lowest BCUT2D eigenvalue weighted by Crippen LogP contribution is -2.34. The molecule has 1 aromatic rings. The van der Waals surface area contributed by atoms with Crippen LogP contribution in [0.5, 0.6) is 0 Å². The highest BCUT2D eigenvalue weighted by molar-refractivity contribution is 5.68. The number of amides is 1. The molecule has 0 aliphatic carbocycles. The van der Waals surface area contributed by atoms with Gasteiger partial charge in [-0.3, -0.25) is 4.98 Å². The summed E-state index contributed by atoms with van der Waals surface area (Å²) in [5.41, 5.74) is -0.185. The molecular weight excluding hydrogens is 220 g/mol. The minimum absolute atomic E-state index is 0.274. The van der Waals surface area contributed by atoms with Crippen LogP contribution in [0.25, 0.3) is 0 Å². The van der Waals surface area contributed by atoms with Gasteiger partial charge in [0.15, 0.2) is 0 Å². The standard InChI is InChI=1S/C12H16N2O3/c1-2-17-11(15)14-8-5-12(16,9-14)10-3-6-13-7-4-10/h3-4,6-7,16H,2,5,8-9H2,1H3. The van der Waals surface area contributed by atoms with Gasteiger partial charge in [0.05, 0.1) is 13.2 Å². The predicted octanol–water partition coefficient (Wildman–Crippen LogP) is 1.13. The first-order chi connectivity index (χ1) is 8.15. The van der Waals surface area contributed by atoms with Crippen molar-refractivity contribution in [3.05, 3.63) is 30.1 Å². The van der Waals surface area contributed by atoms with Crippen LogP contribution < -0.4 is 0 Å². The summed E-state index contributed by atoms with van der Waals surface area (Å²) in [6.07, 6.45) is 3.44. The summed E-state index contributed by atoms with van der Waals surface area (Å²) in [5, 5.41) is 10.5. The molecular formula is C12H16N2O3. The van der Waals surface area contributed by atoms with Crippen molar-refractivity contribution in [3.63, 3.8) is 0 Å². The number of nitrogens with zero attached hydrogens (tertiary/aromatic N) is 2. The van der Waals surface area contributed by atoms with Crippen LogP contribution in [0.15, 0.2) is 24.5 Å². The third kappa shape index (κ3) is 2.39. The number of aliphatic hydroxyl groups is 1. The average molecular weight is 236 g/mol. The Hall–Kier alpha value is -1.62. The molecule has 2 heterocycles. The fraction of sp³-hybridized carbons (Fsp3) is 0.500. The van der Waals surface area contributed by atoms with Crippen molar-refractivity contribution in [3.8, 4) is 0 Å². The molecule has 17 heavy (non-hydrogen) atoms. The van der Waals surface area contributed by atoms with E-state index in [1.165, 1.54) is 4.90 Å². The third-order valence-electron chi connectivity index (χ3n) is 2.99. The molecule has 1 N–H and O–H groups in total. The van der Waals surface area contributed by atoms with Gasteiger partial charge in [-0.05, 0) is 31.0 Å². The highest BCUT2D eigenvalue weighted by Crippen LogP contribution is 2.31. The van der Waals surface area contributed by atoms with Crippen molar-refractivity contribution < 1.29 is 14.6 Å². The van der Waals surface area contributed by atoms with E-state index in [1.807, 2.05) is 0 Å². The van der Waals surface area contributed by atoms with Gasteiger partial charge in [0.25, 0.3) is 0 Å². The van der Waals surface area contributed by atoms with Crippen LogP contribution >= 0.6 is 0 Å². The Morgan fingerprint density at radius 2 is 2.29 bits per heavy atom. The highest BCUT2D eigenvalue weighted by Gasteiger charge is 2.40. The monoisotopic (exact) mass is 236 g/mol. The molecule has 1 atom stereocenters. The molecule has 5 nitrogen and oxygen atoms in total. The molecule has 1 unspecified atom stereocenters. The van der Waals surface area contributed by atoms with E-state index in [-0.39, 0.29) is 12.6 Å². The van der Waals surface area contributed by atoms with Crippen LogP contribution in [0.3, 0.4) is 0 Å². The highest BCUT2D eigenvalue weighted by atomic mass is 16.6. The summed E-state index contributed by atoms with van der Waals surface area (Å²) in [6, 6.07) is 3.54. The van der Waals surface area contributed by atoms with Gasteiger partial charge >= 0.3 is 6.09 Å². The van der Waals surface area contributed by atoms with E-state index >= 15 is 0 Å². The number of aromatic nitrogens is 1. The van der Waals surface area contributed by atoms with E-state index in [4.69, 9.17) is 4.74 Å². The van der Waals surface area contributed by atoms with Gasteiger partial charge in [-0.25, -0.2) is 4.79 Å². The molecule has 0 bridgehead atoms. The Balaban J connectivity index is 2.08. The topological polar surface area (TPSA) is 62.7 Å². The van der Waals surface area contributed by atoms with Crippen molar-refractivity contribution in [2.75, 3.05) is 19.7 Å². The van der Waals surface area contributed by atoms with Gasteiger partial charge in [-0.15, -0.1) is 0 Å². The van der Waals surface area contributed by atoms with Gasteiger partial charge in [0.2, 0.25) is 0 Å². The number of rotatable bonds is 2. The van der Waals surface area contributed by atoms with E-state index in [0.717, 1.165) is 5.56 Å². The Bertz CT molecular complexity index is 396. The molecule has 1 aromatic heterocycles. The number of pyridine rings is 1. The van der Waals surface area contributed by atoms with Crippen LogP contribution in [0.1, 0.15) is 18.9 Å². The first kappa shape index (κ1) is 11.9. The molecule has 92 valence electrons. The van der Waals surface area contributed by atoms with E-state index in [1.54, 1.807) is 31.5 Å². The minimum atomic E-state index is -0.976. The van der Waals surface area contributed by atoms with Gasteiger partial charge in [0.1, 0.15) is 5.60 Å². The number of carbonyl (C=O) groups excluding carboxylic acids is 1. The summed E-state index contributed by atoms with van der Waals surface area (Å²) < 4.78 is 4.92. The average Bonchev–Trinajstić information content (AvgIpc) is 2.75. The summed E-state index contributed by atoms with van der Waals surface area (Å²) in [5.74, 6) is 0. The zero-order valence-electron chi connectivity index (χ0n) is 9.80. The Labute approximate surface area is 100 Å². The van der Waals surface area contributed by atoms with Gasteiger partial charge < -0.3 is 14.7 Å². The summed E-state index contributed by atoms with van der Waals surface area (Å²) in [7, 11) is 0. The minimum Gasteiger partial charge on any atom is -0.450 e. The number of hydrogen-bond acceptors (Lipinski definition) is 4. The molecule has 1 fully saturated rings. The molecule has 0 aromatic carbocycles. The molecule has 0 saturated carbocycles. The molecule has 1 saturated heterocycles. The number of β-amino-alcohol motifs (C(OH)–C–C–N with tert-alkyl or cyclic N) is 1. The van der Waals surface area contributed by atoms with Crippen LogP contribution in [0.2, 0.25) is 0 Å². The fourth-order valence-electron chi connectivity index (χ4n) is 2.06. The maximum Gasteiger partial charge on any atom is 0.409 e. The summed E-state index contributed by atoms with van der Waals surface area (Å²) in [4.78, 5) is 17.0. The van der Waals surface area contributed by atoms with Crippen molar-refractivity contribution in [1.82, 2.24) is 9.88 Å². The lowest BCUT2D eigenvalue weighted by Gasteiger charge is -2.23. The number of ether oxygens (including phenoxy) is 1. The first-order valence-corrected chi connectivity index (χ1v) is 5.70. The summed E-state index contributed by atoms with van der Waals surface area (Å²) in [6.45, 7) is 2.90. The van der Waals surface area contributed by atoms with Crippen molar-refractivity contribution >= 4 is 6.09 Å². The molecule has 0 spiro atoms. The third-order valence-corrected chi connectivity index (χ3v) is 2.99. The van der Waals surface area contributed by atoms with Crippen LogP contribution in [0.4, 0.5) is 4.79 Å². The quantitative estimate of drug-likeness (QED) is 0.836. The maximum absolute atomic E-state index is 11.5. The number of likely N-dealkylation sites (tertiary alicyclic amines) is 1. The van der Waals surface area contributed by atoms with Gasteiger partial charge in [-0.1, -0.05) is 0 Å². The molecule has 1 amide bonds. The van der Waals surface area contributed by atoms with Gasteiger partial charge in [-0.2, -0.15) is 0 Å². The van der Waals surface area contributed by atoms with Crippen molar-refractivity contribution in [2.45, 2.75) is 18.9 Å².